The normalized spacial score (nSPS) is 12.2. The second kappa shape index (κ2) is 12.1. The van der Waals surface area contributed by atoms with Gasteiger partial charge in [0.25, 0.3) is 0 Å². The summed E-state index contributed by atoms with van der Waals surface area (Å²) in [6, 6.07) is 7.30. The SMILES string of the molecule is O=S(=O)(CC(F)(F)F)Nc1cc(-c2nc(OCc3cccc(C(F)(F)F)c3)ccc2F)cnc1OCc1cncnc1. The number of anilines is 1. The Morgan fingerprint density at radius 1 is 0.857 bits per heavy atom. The van der Waals surface area contributed by atoms with Gasteiger partial charge in [-0.3, -0.25) is 4.72 Å². The van der Waals surface area contributed by atoms with Gasteiger partial charge in [-0.05, 0) is 29.8 Å². The molecule has 0 bridgehead atoms. The fourth-order valence-corrected chi connectivity index (χ4v) is 4.43. The maximum Gasteiger partial charge on any atom is 0.416 e. The van der Waals surface area contributed by atoms with Crippen LogP contribution >= 0.6 is 0 Å². The minimum Gasteiger partial charge on any atom is -0.473 e. The number of nitrogens with one attached hydrogen (secondary N) is 1. The molecule has 0 saturated carbocycles. The molecule has 0 spiro atoms. The molecule has 4 aromatic rings. The van der Waals surface area contributed by atoms with Crippen LogP contribution < -0.4 is 14.2 Å². The highest BCUT2D eigenvalue weighted by molar-refractivity contribution is 7.92. The molecule has 0 aliphatic heterocycles. The Bertz CT molecular complexity index is 1650. The number of benzene rings is 1. The molecule has 1 aromatic carbocycles. The van der Waals surface area contributed by atoms with Gasteiger partial charge in [-0.25, -0.2) is 32.7 Å². The summed E-state index contributed by atoms with van der Waals surface area (Å²) in [6.07, 6.45) is -4.63. The number of hydrogen-bond acceptors (Lipinski definition) is 8. The number of nitrogens with zero attached hydrogens (tertiary/aromatic N) is 4. The summed E-state index contributed by atoms with van der Waals surface area (Å²) in [6.45, 7) is -0.606. The highest BCUT2D eigenvalue weighted by atomic mass is 32.2. The molecule has 0 amide bonds. The molecular formula is C25H18F7N5O4S. The molecule has 0 saturated heterocycles. The summed E-state index contributed by atoms with van der Waals surface area (Å²) in [7, 11) is -5.01. The lowest BCUT2D eigenvalue weighted by Crippen LogP contribution is -2.28. The molecule has 17 heteroatoms. The number of pyridine rings is 2. The fourth-order valence-electron chi connectivity index (χ4n) is 3.45. The third-order valence-electron chi connectivity index (χ3n) is 5.19. The van der Waals surface area contributed by atoms with E-state index in [-0.39, 0.29) is 30.2 Å². The molecule has 0 unspecified atom stereocenters. The van der Waals surface area contributed by atoms with E-state index in [1.165, 1.54) is 30.9 Å². The monoisotopic (exact) mass is 617 g/mol. The van der Waals surface area contributed by atoms with E-state index in [0.717, 1.165) is 36.5 Å². The maximum absolute atomic E-state index is 14.8. The minimum absolute atomic E-state index is 0.144. The third kappa shape index (κ3) is 8.48. The van der Waals surface area contributed by atoms with Crippen LogP contribution in [0.4, 0.5) is 36.4 Å². The van der Waals surface area contributed by atoms with Crippen LogP contribution in [-0.4, -0.2) is 40.3 Å². The van der Waals surface area contributed by atoms with Crippen molar-refractivity contribution < 1.29 is 48.6 Å². The van der Waals surface area contributed by atoms with Crippen LogP contribution in [0, 0.1) is 5.82 Å². The smallest absolute Gasteiger partial charge is 0.416 e. The standard InChI is InChI=1S/C25H18F7N5O4S/c26-19-4-5-21(40-11-15-2-1-3-18(6-15)25(30,31)32)36-22(19)17-7-20(37-42(38,39)13-24(27,28)29)23(35-10-17)41-12-16-8-33-14-34-9-16/h1-10,14,37H,11-13H2. The van der Waals surface area contributed by atoms with Gasteiger partial charge in [-0.1, -0.05) is 12.1 Å². The van der Waals surface area contributed by atoms with Gasteiger partial charge in [0.05, 0.1) is 5.56 Å². The molecule has 0 fully saturated rings. The van der Waals surface area contributed by atoms with E-state index < -0.39 is 56.8 Å². The van der Waals surface area contributed by atoms with Crippen LogP contribution in [0.1, 0.15) is 16.7 Å². The average Bonchev–Trinajstić information content (AvgIpc) is 2.90. The Morgan fingerprint density at radius 3 is 2.26 bits per heavy atom. The molecule has 4 rings (SSSR count). The summed E-state index contributed by atoms with van der Waals surface area (Å²) >= 11 is 0. The van der Waals surface area contributed by atoms with Crippen molar-refractivity contribution in [2.75, 3.05) is 10.5 Å². The number of rotatable bonds is 10. The molecule has 9 nitrogen and oxygen atoms in total. The Hall–Kier alpha value is -4.54. The van der Waals surface area contributed by atoms with E-state index in [1.54, 1.807) is 4.72 Å². The molecule has 0 aliphatic rings. The lowest BCUT2D eigenvalue weighted by Gasteiger charge is -2.15. The molecule has 0 atom stereocenters. The van der Waals surface area contributed by atoms with Gasteiger partial charge in [0.15, 0.2) is 5.75 Å². The molecular weight excluding hydrogens is 599 g/mol. The topological polar surface area (TPSA) is 116 Å². The second-order valence-electron chi connectivity index (χ2n) is 8.56. The first-order valence-electron chi connectivity index (χ1n) is 11.6. The van der Waals surface area contributed by atoms with E-state index in [4.69, 9.17) is 9.47 Å². The molecule has 0 radical (unpaired) electrons. The highest BCUT2D eigenvalue weighted by Gasteiger charge is 2.36. The number of ether oxygens (including phenoxy) is 2. The summed E-state index contributed by atoms with van der Waals surface area (Å²) in [5.41, 5.74) is -1.51. The van der Waals surface area contributed by atoms with E-state index in [2.05, 4.69) is 19.9 Å². The van der Waals surface area contributed by atoms with Crippen LogP contribution in [0.15, 0.2) is 67.4 Å². The van der Waals surface area contributed by atoms with Gasteiger partial charge in [-0.15, -0.1) is 0 Å². The number of alkyl halides is 6. The first-order chi connectivity index (χ1) is 19.7. The van der Waals surface area contributed by atoms with E-state index in [1.807, 2.05) is 0 Å². The Balaban J connectivity index is 1.62. The van der Waals surface area contributed by atoms with Crippen LogP contribution in [0.2, 0.25) is 0 Å². The van der Waals surface area contributed by atoms with Gasteiger partial charge in [-0.2, -0.15) is 26.3 Å². The number of aromatic nitrogens is 4. The lowest BCUT2D eigenvalue weighted by atomic mass is 10.1. The van der Waals surface area contributed by atoms with Crippen molar-refractivity contribution in [1.82, 2.24) is 19.9 Å². The van der Waals surface area contributed by atoms with Gasteiger partial charge < -0.3 is 9.47 Å². The van der Waals surface area contributed by atoms with E-state index >= 15 is 0 Å². The molecule has 3 aromatic heterocycles. The van der Waals surface area contributed by atoms with Crippen LogP contribution in [0.5, 0.6) is 11.8 Å². The maximum atomic E-state index is 14.8. The first-order valence-corrected chi connectivity index (χ1v) is 13.2. The van der Waals surface area contributed by atoms with Crippen LogP contribution in [-0.2, 0) is 29.4 Å². The van der Waals surface area contributed by atoms with Crippen molar-refractivity contribution in [2.24, 2.45) is 0 Å². The average molecular weight is 618 g/mol. The van der Waals surface area contributed by atoms with Crippen LogP contribution in [0.25, 0.3) is 11.3 Å². The summed E-state index contributed by atoms with van der Waals surface area (Å²) in [4.78, 5) is 15.5. The van der Waals surface area contributed by atoms with Crippen molar-refractivity contribution in [3.8, 4) is 23.0 Å². The Morgan fingerprint density at radius 2 is 1.57 bits per heavy atom. The molecule has 42 heavy (non-hydrogen) atoms. The largest absolute Gasteiger partial charge is 0.473 e. The lowest BCUT2D eigenvalue weighted by molar-refractivity contribution is -0.137. The van der Waals surface area contributed by atoms with E-state index in [0.29, 0.717) is 5.56 Å². The van der Waals surface area contributed by atoms with Gasteiger partial charge in [0.1, 0.15) is 36.7 Å². The van der Waals surface area contributed by atoms with Crippen molar-refractivity contribution in [2.45, 2.75) is 25.6 Å². The first kappa shape index (κ1) is 30.4. The number of halogens is 7. The van der Waals surface area contributed by atoms with Gasteiger partial charge in [0.2, 0.25) is 21.8 Å². The molecule has 3 heterocycles. The molecule has 0 aliphatic carbocycles. The van der Waals surface area contributed by atoms with E-state index in [9.17, 15) is 39.2 Å². The quantitative estimate of drug-likeness (QED) is 0.230. The predicted octanol–water partition coefficient (Wildman–Crippen LogP) is 5.55. The zero-order chi connectivity index (χ0) is 30.5. The fraction of sp³-hybridized carbons (Fsp3) is 0.200. The van der Waals surface area contributed by atoms with Gasteiger partial charge in [0, 0.05) is 35.8 Å². The van der Waals surface area contributed by atoms with Gasteiger partial charge >= 0.3 is 12.4 Å². The number of sulfonamides is 1. The Kier molecular flexibility index (Phi) is 8.79. The van der Waals surface area contributed by atoms with Crippen LogP contribution in [0.3, 0.4) is 0 Å². The van der Waals surface area contributed by atoms with Crippen molar-refractivity contribution in [3.63, 3.8) is 0 Å². The minimum atomic E-state index is -5.07. The summed E-state index contributed by atoms with van der Waals surface area (Å²) in [5.74, 6) is -3.82. The molecule has 222 valence electrons. The van der Waals surface area contributed by atoms with Crippen molar-refractivity contribution in [1.29, 1.82) is 0 Å². The molecule has 1 N–H and O–H groups in total. The third-order valence-corrected chi connectivity index (χ3v) is 6.43. The predicted molar refractivity (Wildman–Crippen MR) is 133 cm³/mol. The zero-order valence-electron chi connectivity index (χ0n) is 20.9. The Labute approximate surface area is 233 Å². The summed E-state index contributed by atoms with van der Waals surface area (Å²) < 4.78 is 129. The second-order valence-corrected chi connectivity index (χ2v) is 10.3. The highest BCUT2D eigenvalue weighted by Crippen LogP contribution is 2.33. The van der Waals surface area contributed by atoms with Crippen molar-refractivity contribution in [3.05, 3.63) is 89.9 Å². The van der Waals surface area contributed by atoms with Crippen molar-refractivity contribution >= 4 is 15.7 Å². The summed E-state index contributed by atoms with van der Waals surface area (Å²) in [5, 5.41) is 0. The zero-order valence-corrected chi connectivity index (χ0v) is 21.8. The number of hydrogen-bond donors (Lipinski definition) is 1.